The smallest absolute Gasteiger partial charge is 0.408 e. The third-order valence-electron chi connectivity index (χ3n) is 2.10. The van der Waals surface area contributed by atoms with E-state index in [0.717, 1.165) is 5.56 Å². The van der Waals surface area contributed by atoms with Crippen LogP contribution in [0.15, 0.2) is 30.3 Å². The molecule has 0 aromatic heterocycles. The third-order valence-corrected chi connectivity index (χ3v) is 2.10. The van der Waals surface area contributed by atoms with E-state index >= 15 is 0 Å². The predicted molar refractivity (Wildman–Crippen MR) is 61.2 cm³/mol. The highest BCUT2D eigenvalue weighted by atomic mass is 16.6. The minimum Gasteiger partial charge on any atom is -0.467 e. The number of ether oxygens (including phenoxy) is 2. The first kappa shape index (κ1) is 13.0. The predicted octanol–water partition coefficient (Wildman–Crippen LogP) is 1.47. The Bertz CT molecular complexity index is 377. The first-order chi connectivity index (χ1) is 8.13. The van der Waals surface area contributed by atoms with Gasteiger partial charge in [0.15, 0.2) is 0 Å². The Kier molecular flexibility index (Phi) is 5.00. The van der Waals surface area contributed by atoms with Gasteiger partial charge in [-0.25, -0.2) is 9.59 Å². The molecule has 0 unspecified atom stereocenters. The number of rotatable bonds is 4. The van der Waals surface area contributed by atoms with Crippen molar-refractivity contribution in [1.82, 2.24) is 5.32 Å². The van der Waals surface area contributed by atoms with Crippen molar-refractivity contribution >= 4 is 12.1 Å². The lowest BCUT2D eigenvalue weighted by molar-refractivity contribution is -0.142. The van der Waals surface area contributed by atoms with E-state index in [2.05, 4.69) is 10.1 Å². The van der Waals surface area contributed by atoms with Crippen LogP contribution in [0.5, 0.6) is 0 Å². The van der Waals surface area contributed by atoms with Gasteiger partial charge in [-0.15, -0.1) is 0 Å². The maximum Gasteiger partial charge on any atom is 0.408 e. The highest BCUT2D eigenvalue weighted by Crippen LogP contribution is 2.00. The molecule has 17 heavy (non-hydrogen) atoms. The van der Waals surface area contributed by atoms with E-state index in [0.29, 0.717) is 0 Å². The zero-order chi connectivity index (χ0) is 12.7. The number of esters is 1. The van der Waals surface area contributed by atoms with E-state index in [1.807, 2.05) is 30.3 Å². The lowest BCUT2D eigenvalue weighted by Gasteiger charge is -2.11. The van der Waals surface area contributed by atoms with E-state index < -0.39 is 18.1 Å². The molecule has 5 nitrogen and oxygen atoms in total. The van der Waals surface area contributed by atoms with Gasteiger partial charge in [-0.3, -0.25) is 0 Å². The van der Waals surface area contributed by atoms with Crippen molar-refractivity contribution in [2.24, 2.45) is 0 Å². The van der Waals surface area contributed by atoms with Gasteiger partial charge >= 0.3 is 12.1 Å². The molecule has 1 rings (SSSR count). The molecule has 0 saturated heterocycles. The number of hydrogen-bond donors (Lipinski definition) is 1. The van der Waals surface area contributed by atoms with Crippen molar-refractivity contribution in [3.8, 4) is 0 Å². The maximum atomic E-state index is 11.3. The van der Waals surface area contributed by atoms with Gasteiger partial charge in [-0.1, -0.05) is 30.3 Å². The van der Waals surface area contributed by atoms with Gasteiger partial charge in [0.1, 0.15) is 12.6 Å². The summed E-state index contributed by atoms with van der Waals surface area (Å²) < 4.78 is 9.40. The Morgan fingerprint density at radius 3 is 2.53 bits per heavy atom. The van der Waals surface area contributed by atoms with Crippen LogP contribution in [0.2, 0.25) is 0 Å². The van der Waals surface area contributed by atoms with Crippen molar-refractivity contribution in [3.05, 3.63) is 35.9 Å². The van der Waals surface area contributed by atoms with Gasteiger partial charge in [-0.2, -0.15) is 0 Å². The van der Waals surface area contributed by atoms with Crippen LogP contribution in [0.1, 0.15) is 12.5 Å². The maximum absolute atomic E-state index is 11.3. The standard InChI is InChI=1S/C12H15NO4/c1-9(11(14)16-2)13-12(15)17-8-10-6-4-3-5-7-10/h3-7,9H,8H2,1-2H3,(H,13,15)/t9-/m1/s1. The molecule has 0 saturated carbocycles. The van der Waals surface area contributed by atoms with Crippen molar-refractivity contribution in [1.29, 1.82) is 0 Å². The number of alkyl carbamates (subject to hydrolysis) is 1. The summed E-state index contributed by atoms with van der Waals surface area (Å²) in [7, 11) is 1.26. The average molecular weight is 237 g/mol. The Labute approximate surface area is 99.7 Å². The van der Waals surface area contributed by atoms with Crippen LogP contribution in [0.3, 0.4) is 0 Å². The summed E-state index contributed by atoms with van der Waals surface area (Å²) in [5.74, 6) is -0.512. The fraction of sp³-hybridized carbons (Fsp3) is 0.333. The molecule has 0 heterocycles. The van der Waals surface area contributed by atoms with E-state index in [1.165, 1.54) is 14.0 Å². The van der Waals surface area contributed by atoms with E-state index in [4.69, 9.17) is 4.74 Å². The average Bonchev–Trinajstić information content (AvgIpc) is 2.36. The molecule has 1 atom stereocenters. The van der Waals surface area contributed by atoms with Crippen molar-refractivity contribution in [2.45, 2.75) is 19.6 Å². The Hall–Kier alpha value is -2.04. The molecule has 0 radical (unpaired) electrons. The summed E-state index contributed by atoms with van der Waals surface area (Å²) >= 11 is 0. The molecular formula is C12H15NO4. The summed E-state index contributed by atoms with van der Waals surface area (Å²) in [6, 6.07) is 8.56. The largest absolute Gasteiger partial charge is 0.467 e. The summed E-state index contributed by atoms with van der Waals surface area (Å²) in [5, 5.41) is 2.37. The molecule has 1 aromatic carbocycles. The number of methoxy groups -OCH3 is 1. The van der Waals surface area contributed by atoms with Crippen LogP contribution >= 0.6 is 0 Å². The van der Waals surface area contributed by atoms with Gasteiger partial charge < -0.3 is 14.8 Å². The van der Waals surface area contributed by atoms with Crippen LogP contribution < -0.4 is 5.32 Å². The van der Waals surface area contributed by atoms with Crippen LogP contribution in [-0.4, -0.2) is 25.2 Å². The Morgan fingerprint density at radius 2 is 1.94 bits per heavy atom. The first-order valence-electron chi connectivity index (χ1n) is 5.18. The zero-order valence-electron chi connectivity index (χ0n) is 9.80. The van der Waals surface area contributed by atoms with Gasteiger partial charge in [-0.05, 0) is 12.5 Å². The molecule has 5 heteroatoms. The van der Waals surface area contributed by atoms with Gasteiger partial charge in [0, 0.05) is 0 Å². The summed E-state index contributed by atoms with van der Waals surface area (Å²) in [5.41, 5.74) is 0.883. The molecule has 1 aromatic rings. The Morgan fingerprint density at radius 1 is 1.29 bits per heavy atom. The van der Waals surface area contributed by atoms with E-state index in [1.54, 1.807) is 0 Å². The molecular weight excluding hydrogens is 222 g/mol. The molecule has 0 fully saturated rings. The SMILES string of the molecule is COC(=O)[C@@H](C)NC(=O)OCc1ccccc1. The molecule has 0 aliphatic rings. The van der Waals surface area contributed by atoms with Crippen LogP contribution in [0.25, 0.3) is 0 Å². The van der Waals surface area contributed by atoms with Crippen LogP contribution in [0.4, 0.5) is 4.79 Å². The second-order valence-electron chi connectivity index (χ2n) is 3.45. The lowest BCUT2D eigenvalue weighted by Crippen LogP contribution is -2.39. The lowest BCUT2D eigenvalue weighted by atomic mass is 10.2. The second kappa shape index (κ2) is 6.52. The highest BCUT2D eigenvalue weighted by molar-refractivity contribution is 5.80. The minimum absolute atomic E-state index is 0.167. The molecule has 1 amide bonds. The topological polar surface area (TPSA) is 64.6 Å². The van der Waals surface area contributed by atoms with Gasteiger partial charge in [0.05, 0.1) is 7.11 Å². The summed E-state index contributed by atoms with van der Waals surface area (Å²) in [6.45, 7) is 1.69. The van der Waals surface area contributed by atoms with Crippen molar-refractivity contribution in [3.63, 3.8) is 0 Å². The monoisotopic (exact) mass is 237 g/mol. The first-order valence-corrected chi connectivity index (χ1v) is 5.18. The zero-order valence-corrected chi connectivity index (χ0v) is 9.80. The summed E-state index contributed by atoms with van der Waals surface area (Å²) in [4.78, 5) is 22.3. The minimum atomic E-state index is -0.719. The highest BCUT2D eigenvalue weighted by Gasteiger charge is 2.16. The number of benzene rings is 1. The number of carbonyl (C=O) groups is 2. The summed E-state index contributed by atoms with van der Waals surface area (Å²) in [6.07, 6.45) is -0.647. The molecule has 0 spiro atoms. The number of nitrogens with one attached hydrogen (secondary N) is 1. The van der Waals surface area contributed by atoms with Crippen LogP contribution in [-0.2, 0) is 20.9 Å². The van der Waals surface area contributed by atoms with Crippen molar-refractivity contribution < 1.29 is 19.1 Å². The molecule has 0 aliphatic heterocycles. The van der Waals surface area contributed by atoms with Crippen molar-refractivity contribution in [2.75, 3.05) is 7.11 Å². The molecule has 92 valence electrons. The molecule has 0 bridgehead atoms. The normalized spacial score (nSPS) is 11.4. The molecule has 1 N–H and O–H groups in total. The van der Waals surface area contributed by atoms with E-state index in [9.17, 15) is 9.59 Å². The van der Waals surface area contributed by atoms with Crippen LogP contribution in [0, 0.1) is 0 Å². The fourth-order valence-electron chi connectivity index (χ4n) is 1.18. The van der Waals surface area contributed by atoms with Gasteiger partial charge in [0.2, 0.25) is 0 Å². The number of carbonyl (C=O) groups excluding carboxylic acids is 2. The van der Waals surface area contributed by atoms with Gasteiger partial charge in [0.25, 0.3) is 0 Å². The number of amides is 1. The second-order valence-corrected chi connectivity index (χ2v) is 3.45. The molecule has 0 aliphatic carbocycles. The third kappa shape index (κ3) is 4.55. The van der Waals surface area contributed by atoms with E-state index in [-0.39, 0.29) is 6.61 Å². The quantitative estimate of drug-likeness (QED) is 0.805. The number of hydrogen-bond acceptors (Lipinski definition) is 4. The Balaban J connectivity index is 2.33. The fourth-order valence-corrected chi connectivity index (χ4v) is 1.18.